The van der Waals surface area contributed by atoms with E-state index < -0.39 is 0 Å². The molecule has 0 fully saturated rings. The largest absolute Gasteiger partial charge is 0.487 e. The zero-order valence-corrected chi connectivity index (χ0v) is 11.7. The first-order chi connectivity index (χ1) is 9.56. The number of hydrogen-bond donors (Lipinski definition) is 0. The summed E-state index contributed by atoms with van der Waals surface area (Å²) in [5.41, 5.74) is 1.14. The summed E-state index contributed by atoms with van der Waals surface area (Å²) in [5.74, 6) is 1.61. The third kappa shape index (κ3) is 2.05. The molecule has 3 rings (SSSR count). The number of oxazole rings is 1. The molecule has 5 heteroatoms. The number of amides is 1. The molecule has 1 aromatic heterocycles. The molecule has 0 saturated carbocycles. The lowest BCUT2D eigenvalue weighted by atomic mass is 10.1. The number of para-hydroxylation sites is 2. The molecule has 1 aliphatic heterocycles. The van der Waals surface area contributed by atoms with Gasteiger partial charge in [-0.05, 0) is 26.0 Å². The van der Waals surface area contributed by atoms with Gasteiger partial charge >= 0.3 is 0 Å². The number of benzene rings is 1. The molecule has 0 bridgehead atoms. The van der Waals surface area contributed by atoms with Gasteiger partial charge in [0.15, 0.2) is 11.6 Å². The first-order valence-electron chi connectivity index (χ1n) is 6.58. The molecule has 0 N–H and O–H groups in total. The lowest BCUT2D eigenvalue weighted by Gasteiger charge is -2.33. The maximum absolute atomic E-state index is 12.7. The number of rotatable bonds is 1. The van der Waals surface area contributed by atoms with E-state index >= 15 is 0 Å². The number of ether oxygens (including phenoxy) is 1. The van der Waals surface area contributed by atoms with Crippen molar-refractivity contribution in [1.82, 2.24) is 4.98 Å². The van der Waals surface area contributed by atoms with Crippen LogP contribution in [0.2, 0.25) is 0 Å². The van der Waals surface area contributed by atoms with Crippen molar-refractivity contribution in [2.45, 2.75) is 26.9 Å². The summed E-state index contributed by atoms with van der Waals surface area (Å²) in [7, 11) is 0. The van der Waals surface area contributed by atoms with Gasteiger partial charge in [-0.3, -0.25) is 9.69 Å². The highest BCUT2D eigenvalue weighted by molar-refractivity contribution is 6.06. The van der Waals surface area contributed by atoms with Crippen molar-refractivity contribution >= 4 is 11.6 Å². The Hall–Kier alpha value is -2.30. The number of aryl methyl sites for hydroxylation is 2. The van der Waals surface area contributed by atoms with Crippen LogP contribution in [-0.4, -0.2) is 23.5 Å². The maximum Gasteiger partial charge on any atom is 0.280 e. The molecule has 1 aromatic carbocycles. The van der Waals surface area contributed by atoms with E-state index in [-0.39, 0.29) is 12.0 Å². The van der Waals surface area contributed by atoms with E-state index in [4.69, 9.17) is 9.15 Å². The zero-order valence-electron chi connectivity index (χ0n) is 11.7. The van der Waals surface area contributed by atoms with Gasteiger partial charge in [-0.1, -0.05) is 12.1 Å². The van der Waals surface area contributed by atoms with Crippen LogP contribution in [0.4, 0.5) is 5.69 Å². The monoisotopic (exact) mass is 272 g/mol. The second-order valence-corrected chi connectivity index (χ2v) is 4.95. The van der Waals surface area contributed by atoms with E-state index in [1.165, 1.54) is 0 Å². The summed E-state index contributed by atoms with van der Waals surface area (Å²) >= 11 is 0. The lowest BCUT2D eigenvalue weighted by Crippen LogP contribution is -2.42. The normalized spacial score (nSPS) is 17.6. The molecule has 104 valence electrons. The Labute approximate surface area is 117 Å². The number of anilines is 1. The number of hydrogen-bond acceptors (Lipinski definition) is 4. The molecule has 0 aliphatic carbocycles. The molecule has 20 heavy (non-hydrogen) atoms. The van der Waals surface area contributed by atoms with Crippen LogP contribution < -0.4 is 9.64 Å². The van der Waals surface area contributed by atoms with Gasteiger partial charge in [0.25, 0.3) is 5.91 Å². The Morgan fingerprint density at radius 3 is 2.80 bits per heavy atom. The highest BCUT2D eigenvalue weighted by Gasteiger charge is 2.30. The SMILES string of the molecule is Cc1nc(C(=O)N2C[C@@H](C)Oc3ccccc32)c(C)o1. The van der Waals surface area contributed by atoms with Gasteiger partial charge in [-0.25, -0.2) is 4.98 Å². The van der Waals surface area contributed by atoms with Crippen LogP contribution in [0.5, 0.6) is 5.75 Å². The third-order valence-corrected chi connectivity index (χ3v) is 3.28. The Morgan fingerprint density at radius 2 is 2.10 bits per heavy atom. The number of nitrogens with zero attached hydrogens (tertiary/aromatic N) is 2. The Morgan fingerprint density at radius 1 is 1.35 bits per heavy atom. The molecular formula is C15H16N2O3. The van der Waals surface area contributed by atoms with Crippen molar-refractivity contribution in [3.63, 3.8) is 0 Å². The van der Waals surface area contributed by atoms with E-state index in [0.29, 0.717) is 23.9 Å². The highest BCUT2D eigenvalue weighted by atomic mass is 16.5. The van der Waals surface area contributed by atoms with E-state index in [9.17, 15) is 4.79 Å². The van der Waals surface area contributed by atoms with E-state index in [2.05, 4.69) is 4.98 Å². The van der Waals surface area contributed by atoms with Crippen molar-refractivity contribution in [2.24, 2.45) is 0 Å². The van der Waals surface area contributed by atoms with Crippen LogP contribution in [0.1, 0.15) is 29.1 Å². The van der Waals surface area contributed by atoms with Crippen LogP contribution in [0.15, 0.2) is 28.7 Å². The molecule has 1 atom stereocenters. The van der Waals surface area contributed by atoms with Crippen LogP contribution in [0, 0.1) is 13.8 Å². The molecule has 1 amide bonds. The first kappa shape index (κ1) is 12.7. The molecule has 1 aliphatic rings. The van der Waals surface area contributed by atoms with Crippen molar-refractivity contribution in [2.75, 3.05) is 11.4 Å². The average Bonchev–Trinajstić information content (AvgIpc) is 2.76. The van der Waals surface area contributed by atoms with Crippen molar-refractivity contribution in [1.29, 1.82) is 0 Å². The summed E-state index contributed by atoms with van der Waals surface area (Å²) in [6, 6.07) is 7.53. The molecule has 0 spiro atoms. The van der Waals surface area contributed by atoms with Gasteiger partial charge in [-0.2, -0.15) is 0 Å². The summed E-state index contributed by atoms with van der Waals surface area (Å²) in [5, 5.41) is 0. The molecule has 0 radical (unpaired) electrons. The fourth-order valence-corrected chi connectivity index (χ4v) is 2.44. The van der Waals surface area contributed by atoms with Crippen molar-refractivity contribution in [3.8, 4) is 5.75 Å². The average molecular weight is 272 g/mol. The molecule has 5 nitrogen and oxygen atoms in total. The fourth-order valence-electron chi connectivity index (χ4n) is 2.44. The number of aromatic nitrogens is 1. The Bertz CT molecular complexity index is 663. The molecule has 0 unspecified atom stereocenters. The van der Waals surface area contributed by atoms with Gasteiger partial charge in [0.1, 0.15) is 17.6 Å². The quantitative estimate of drug-likeness (QED) is 0.801. The minimum absolute atomic E-state index is 0.0536. The third-order valence-electron chi connectivity index (χ3n) is 3.28. The topological polar surface area (TPSA) is 55.6 Å². The lowest BCUT2D eigenvalue weighted by molar-refractivity contribution is 0.0955. The zero-order chi connectivity index (χ0) is 14.3. The van der Waals surface area contributed by atoms with Crippen LogP contribution in [0.3, 0.4) is 0 Å². The van der Waals surface area contributed by atoms with E-state index in [0.717, 1.165) is 11.4 Å². The maximum atomic E-state index is 12.7. The summed E-state index contributed by atoms with van der Waals surface area (Å²) < 4.78 is 11.1. The van der Waals surface area contributed by atoms with Crippen LogP contribution in [0.25, 0.3) is 0 Å². The summed E-state index contributed by atoms with van der Waals surface area (Å²) in [6.45, 7) is 5.93. The Kier molecular flexibility index (Phi) is 2.97. The number of carbonyl (C=O) groups is 1. The van der Waals surface area contributed by atoms with Gasteiger partial charge in [0.2, 0.25) is 0 Å². The summed E-state index contributed by atoms with van der Waals surface area (Å²) in [4.78, 5) is 18.6. The number of fused-ring (bicyclic) bond motifs is 1. The fraction of sp³-hybridized carbons (Fsp3) is 0.333. The van der Waals surface area contributed by atoms with Gasteiger partial charge in [0.05, 0.1) is 12.2 Å². The summed E-state index contributed by atoms with van der Waals surface area (Å²) in [6.07, 6.45) is -0.0536. The minimum Gasteiger partial charge on any atom is -0.487 e. The van der Waals surface area contributed by atoms with Crippen LogP contribution >= 0.6 is 0 Å². The molecule has 0 saturated heterocycles. The molecular weight excluding hydrogens is 256 g/mol. The minimum atomic E-state index is -0.151. The predicted molar refractivity (Wildman–Crippen MR) is 74.2 cm³/mol. The molecule has 2 aromatic rings. The van der Waals surface area contributed by atoms with Gasteiger partial charge in [0, 0.05) is 6.92 Å². The standard InChI is InChI=1S/C15H16N2O3/c1-9-8-17(12-6-4-5-7-13(12)19-9)15(18)14-10(2)20-11(3)16-14/h4-7,9H,8H2,1-3H3/t9-/m1/s1. The van der Waals surface area contributed by atoms with Crippen molar-refractivity contribution < 1.29 is 13.9 Å². The first-order valence-corrected chi connectivity index (χ1v) is 6.58. The predicted octanol–water partition coefficient (Wildman–Crippen LogP) is 2.72. The van der Waals surface area contributed by atoms with E-state index in [1.54, 1.807) is 18.7 Å². The Balaban J connectivity index is 2.02. The van der Waals surface area contributed by atoms with Crippen LogP contribution in [-0.2, 0) is 0 Å². The van der Waals surface area contributed by atoms with Gasteiger partial charge in [-0.15, -0.1) is 0 Å². The second kappa shape index (κ2) is 4.67. The second-order valence-electron chi connectivity index (χ2n) is 4.95. The number of carbonyl (C=O) groups excluding carboxylic acids is 1. The van der Waals surface area contributed by atoms with Crippen molar-refractivity contribution in [3.05, 3.63) is 41.6 Å². The van der Waals surface area contributed by atoms with Gasteiger partial charge < -0.3 is 9.15 Å². The van der Waals surface area contributed by atoms with E-state index in [1.807, 2.05) is 31.2 Å². The smallest absolute Gasteiger partial charge is 0.280 e. The molecule has 2 heterocycles. The highest BCUT2D eigenvalue weighted by Crippen LogP contribution is 2.34.